The van der Waals surface area contributed by atoms with Gasteiger partial charge in [0.1, 0.15) is 0 Å². The average molecular weight is 422 g/mol. The van der Waals surface area contributed by atoms with Crippen molar-refractivity contribution < 1.29 is 50.7 Å². The monoisotopic (exact) mass is 422 g/mol. The summed E-state index contributed by atoms with van der Waals surface area (Å²) in [6, 6.07) is 0. The smallest absolute Gasteiger partial charge is 1.00 e. The third-order valence-electron chi connectivity index (χ3n) is 2.16. The van der Waals surface area contributed by atoms with E-state index in [1.165, 1.54) is 17.6 Å². The quantitative estimate of drug-likeness (QED) is 0.333. The maximum absolute atomic E-state index is 3.24. The van der Waals surface area contributed by atoms with Crippen LogP contribution >= 0.6 is 0 Å². The van der Waals surface area contributed by atoms with Crippen molar-refractivity contribution in [3.8, 4) is 0 Å². The van der Waals surface area contributed by atoms with Gasteiger partial charge >= 0.3 is 25.8 Å². The molecule has 0 amide bonds. The Hall–Kier alpha value is 0.410. The standard InChI is InChI=1S/C8H11.C5H5.2ClH.Hf/c1-3-8-6-4-5-7(8)2;1-2-4-5-3-1;;;/h6H,3-4H2,1-2H3;1-3H,4H2;2*1H;/q2*-1;;;+4/p-2. The third-order valence-corrected chi connectivity index (χ3v) is 2.16. The van der Waals surface area contributed by atoms with Gasteiger partial charge in [-0.3, -0.25) is 12.2 Å². The molecule has 0 heterocycles. The van der Waals surface area contributed by atoms with Crippen LogP contribution in [0.3, 0.4) is 0 Å². The van der Waals surface area contributed by atoms with Crippen LogP contribution < -0.4 is 24.8 Å². The number of hydrogen-bond acceptors (Lipinski definition) is 0. The topological polar surface area (TPSA) is 0 Å². The first-order valence-corrected chi connectivity index (χ1v) is 4.83. The molecule has 0 N–H and O–H groups in total. The van der Waals surface area contributed by atoms with E-state index in [-0.39, 0.29) is 50.7 Å². The summed E-state index contributed by atoms with van der Waals surface area (Å²) in [4.78, 5) is 0. The summed E-state index contributed by atoms with van der Waals surface area (Å²) in [7, 11) is 0. The molecule has 0 aromatic carbocycles. The normalized spacial score (nSPS) is 14.6. The van der Waals surface area contributed by atoms with E-state index < -0.39 is 0 Å². The van der Waals surface area contributed by atoms with Crippen LogP contribution in [0.1, 0.15) is 33.1 Å². The van der Waals surface area contributed by atoms with Crippen molar-refractivity contribution in [2.45, 2.75) is 33.1 Å². The predicted molar refractivity (Wildman–Crippen MR) is 57.0 cm³/mol. The summed E-state index contributed by atoms with van der Waals surface area (Å²) in [6.45, 7) is 4.31. The molecule has 2 rings (SSSR count). The molecule has 0 fully saturated rings. The summed E-state index contributed by atoms with van der Waals surface area (Å²) in [5.74, 6) is 0. The van der Waals surface area contributed by atoms with Gasteiger partial charge in [-0.15, -0.1) is 12.8 Å². The zero-order valence-electron chi connectivity index (χ0n) is 9.69. The Balaban J connectivity index is -0.000000189. The number of allylic oxidation sites excluding steroid dienone is 8. The van der Waals surface area contributed by atoms with Crippen molar-refractivity contribution in [3.05, 3.63) is 47.6 Å². The van der Waals surface area contributed by atoms with Crippen molar-refractivity contribution in [1.29, 1.82) is 0 Å². The van der Waals surface area contributed by atoms with Crippen LogP contribution in [0.15, 0.2) is 35.5 Å². The van der Waals surface area contributed by atoms with Crippen molar-refractivity contribution >= 4 is 0 Å². The summed E-state index contributed by atoms with van der Waals surface area (Å²) < 4.78 is 0. The number of hydrogen-bond donors (Lipinski definition) is 0. The minimum absolute atomic E-state index is 0. The Bertz CT molecular complexity index is 266. The Morgan fingerprint density at radius 3 is 2.12 bits per heavy atom. The van der Waals surface area contributed by atoms with Gasteiger partial charge in [0, 0.05) is 0 Å². The van der Waals surface area contributed by atoms with E-state index in [9.17, 15) is 0 Å². The maximum Gasteiger partial charge on any atom is 4.00 e. The number of rotatable bonds is 1. The van der Waals surface area contributed by atoms with Gasteiger partial charge in [-0.05, 0) is 0 Å². The first-order chi connectivity index (χ1) is 6.34. The molecule has 0 unspecified atom stereocenters. The molecule has 2 aliphatic rings. The van der Waals surface area contributed by atoms with Gasteiger partial charge in [0.25, 0.3) is 0 Å². The Kier molecular flexibility index (Phi) is 18.3. The Labute approximate surface area is 131 Å². The van der Waals surface area contributed by atoms with Gasteiger partial charge in [0.05, 0.1) is 0 Å². The van der Waals surface area contributed by atoms with Crippen LogP contribution in [0.2, 0.25) is 0 Å². The van der Waals surface area contributed by atoms with Crippen LogP contribution in [0.25, 0.3) is 0 Å². The van der Waals surface area contributed by atoms with Crippen molar-refractivity contribution in [2.24, 2.45) is 0 Å². The van der Waals surface area contributed by atoms with E-state index in [1.807, 2.05) is 12.2 Å². The molecule has 0 atom stereocenters. The minimum atomic E-state index is 0. The molecule has 0 aliphatic heterocycles. The van der Waals surface area contributed by atoms with E-state index >= 15 is 0 Å². The van der Waals surface area contributed by atoms with Crippen molar-refractivity contribution in [2.75, 3.05) is 0 Å². The summed E-state index contributed by atoms with van der Waals surface area (Å²) in [5.41, 5.74) is 2.83. The zero-order valence-corrected chi connectivity index (χ0v) is 14.8. The molecule has 0 aromatic heterocycles. The molecule has 0 radical (unpaired) electrons. The molecule has 16 heavy (non-hydrogen) atoms. The zero-order chi connectivity index (χ0) is 9.52. The summed E-state index contributed by atoms with van der Waals surface area (Å²) >= 11 is 0. The molecule has 0 nitrogen and oxygen atoms in total. The van der Waals surface area contributed by atoms with Crippen LogP contribution in [-0.4, -0.2) is 0 Å². The van der Waals surface area contributed by atoms with Gasteiger partial charge in [-0.2, -0.15) is 17.7 Å². The van der Waals surface area contributed by atoms with Crippen molar-refractivity contribution in [3.63, 3.8) is 0 Å². The molecule has 0 saturated heterocycles. The van der Waals surface area contributed by atoms with E-state index in [2.05, 4.69) is 38.2 Å². The van der Waals surface area contributed by atoms with Crippen molar-refractivity contribution in [1.82, 2.24) is 0 Å². The average Bonchev–Trinajstić information content (AvgIpc) is 2.76. The minimum Gasteiger partial charge on any atom is -1.00 e. The number of halogens is 2. The van der Waals surface area contributed by atoms with Gasteiger partial charge in [0.2, 0.25) is 0 Å². The molecule has 2 aliphatic carbocycles. The fraction of sp³-hybridized carbons (Fsp3) is 0.385. The molecular formula is C13H16Cl2Hf. The molecule has 0 saturated carbocycles. The predicted octanol–water partition coefficient (Wildman–Crippen LogP) is -2.21. The molecule has 86 valence electrons. The third kappa shape index (κ3) is 8.55. The largest absolute Gasteiger partial charge is 4.00 e. The molecular weight excluding hydrogens is 406 g/mol. The second kappa shape index (κ2) is 13.5. The Morgan fingerprint density at radius 2 is 1.94 bits per heavy atom. The van der Waals surface area contributed by atoms with Gasteiger partial charge in [-0.1, -0.05) is 20.3 Å². The maximum atomic E-state index is 3.24. The molecule has 3 heteroatoms. The molecule has 0 aromatic rings. The van der Waals surface area contributed by atoms with Gasteiger partial charge in [0.15, 0.2) is 0 Å². The van der Waals surface area contributed by atoms with Crippen LogP contribution in [0.5, 0.6) is 0 Å². The second-order valence-corrected chi connectivity index (χ2v) is 3.09. The fourth-order valence-corrected chi connectivity index (χ4v) is 1.34. The van der Waals surface area contributed by atoms with E-state index in [0.717, 1.165) is 12.8 Å². The second-order valence-electron chi connectivity index (χ2n) is 3.09. The van der Waals surface area contributed by atoms with Crippen LogP contribution in [0, 0.1) is 12.2 Å². The molecule has 0 bridgehead atoms. The Morgan fingerprint density at radius 1 is 1.25 bits per heavy atom. The van der Waals surface area contributed by atoms with E-state index in [4.69, 9.17) is 0 Å². The fourth-order valence-electron chi connectivity index (χ4n) is 1.34. The van der Waals surface area contributed by atoms with Gasteiger partial charge in [-0.25, -0.2) is 17.7 Å². The first kappa shape index (κ1) is 21.7. The SMILES string of the molecule is CCC1=CC[C-]=C1C.[C-]1=CC=CC1.[Cl-].[Cl-].[Hf+4]. The van der Waals surface area contributed by atoms with Gasteiger partial charge < -0.3 is 24.8 Å². The van der Waals surface area contributed by atoms with Crippen LogP contribution in [-0.2, 0) is 25.8 Å². The first-order valence-electron chi connectivity index (χ1n) is 4.83. The van der Waals surface area contributed by atoms with Crippen LogP contribution in [0.4, 0.5) is 0 Å². The summed E-state index contributed by atoms with van der Waals surface area (Å²) in [5, 5.41) is 0. The van der Waals surface area contributed by atoms with E-state index in [1.54, 1.807) is 0 Å². The summed E-state index contributed by atoms with van der Waals surface area (Å²) in [6.07, 6.45) is 17.7. The van der Waals surface area contributed by atoms with E-state index in [0.29, 0.717) is 0 Å². The molecule has 0 spiro atoms.